The molecule has 4 heteroatoms. The van der Waals surface area contributed by atoms with Crippen LogP contribution in [0.25, 0.3) is 0 Å². The molecule has 0 aromatic heterocycles. The monoisotopic (exact) mass is 234 g/mol. The van der Waals surface area contributed by atoms with Crippen molar-refractivity contribution in [3.05, 3.63) is 29.8 Å². The number of amides is 1. The third kappa shape index (κ3) is 4.68. The summed E-state index contributed by atoms with van der Waals surface area (Å²) >= 11 is 0. The smallest absolute Gasteiger partial charge is 0.224 e. The molecule has 1 atom stereocenters. The minimum absolute atomic E-state index is 0.0960. The lowest BCUT2D eigenvalue weighted by molar-refractivity contribution is -0.306. The van der Waals surface area contributed by atoms with Crippen LogP contribution < -0.4 is 10.4 Å². The van der Waals surface area contributed by atoms with Crippen LogP contribution in [-0.2, 0) is 9.59 Å². The van der Waals surface area contributed by atoms with Gasteiger partial charge in [-0.15, -0.1) is 0 Å². The highest BCUT2D eigenvalue weighted by Gasteiger charge is 2.10. The summed E-state index contributed by atoms with van der Waals surface area (Å²) in [5.74, 6) is -1.52. The number of anilines is 1. The Kier molecular flexibility index (Phi) is 4.69. The number of benzene rings is 1. The second kappa shape index (κ2) is 6.03. The summed E-state index contributed by atoms with van der Waals surface area (Å²) in [5.41, 5.74) is 1.74. The Balaban J connectivity index is 2.50. The van der Waals surface area contributed by atoms with Crippen molar-refractivity contribution in [3.8, 4) is 0 Å². The molecule has 0 spiro atoms. The second-order valence-corrected chi connectivity index (χ2v) is 4.25. The number of nitrogens with one attached hydrogen (secondary N) is 1. The molecule has 1 aromatic carbocycles. The molecule has 92 valence electrons. The number of carboxylic acid groups (broad SMARTS) is 1. The normalized spacial score (nSPS) is 11.9. The molecule has 0 aliphatic heterocycles. The van der Waals surface area contributed by atoms with Crippen LogP contribution in [0.3, 0.4) is 0 Å². The first-order valence-corrected chi connectivity index (χ1v) is 5.54. The van der Waals surface area contributed by atoms with Gasteiger partial charge in [0.15, 0.2) is 0 Å². The van der Waals surface area contributed by atoms with Crippen molar-refractivity contribution < 1.29 is 14.7 Å². The number of carbonyl (C=O) groups excluding carboxylic acids is 2. The largest absolute Gasteiger partial charge is 0.550 e. The second-order valence-electron chi connectivity index (χ2n) is 4.25. The van der Waals surface area contributed by atoms with Gasteiger partial charge in [-0.1, -0.05) is 25.1 Å². The van der Waals surface area contributed by atoms with Crippen molar-refractivity contribution in [3.63, 3.8) is 0 Å². The third-order valence-corrected chi connectivity index (χ3v) is 2.47. The van der Waals surface area contributed by atoms with Gasteiger partial charge in [-0.05, 0) is 30.9 Å². The minimum Gasteiger partial charge on any atom is -0.550 e. The van der Waals surface area contributed by atoms with E-state index in [9.17, 15) is 14.7 Å². The zero-order valence-electron chi connectivity index (χ0n) is 10.0. The van der Waals surface area contributed by atoms with E-state index in [0.29, 0.717) is 0 Å². The first-order chi connectivity index (χ1) is 7.99. The van der Waals surface area contributed by atoms with E-state index in [2.05, 4.69) is 5.32 Å². The van der Waals surface area contributed by atoms with E-state index in [4.69, 9.17) is 0 Å². The Morgan fingerprint density at radius 3 is 2.53 bits per heavy atom. The number of aliphatic carboxylic acids is 1. The average molecular weight is 234 g/mol. The molecular weight excluding hydrogens is 218 g/mol. The molecular formula is C13H16NO3-. The van der Waals surface area contributed by atoms with Crippen LogP contribution in [0, 0.1) is 12.8 Å². The third-order valence-electron chi connectivity index (χ3n) is 2.47. The summed E-state index contributed by atoms with van der Waals surface area (Å²) in [4.78, 5) is 22.0. The molecule has 0 heterocycles. The summed E-state index contributed by atoms with van der Waals surface area (Å²) in [6, 6.07) is 7.45. The zero-order chi connectivity index (χ0) is 12.8. The highest BCUT2D eigenvalue weighted by Crippen LogP contribution is 2.15. The molecule has 1 aromatic rings. The van der Waals surface area contributed by atoms with Crippen molar-refractivity contribution in [2.24, 2.45) is 5.92 Å². The molecule has 1 N–H and O–H groups in total. The molecule has 1 rings (SSSR count). The fourth-order valence-corrected chi connectivity index (χ4v) is 1.59. The quantitative estimate of drug-likeness (QED) is 0.829. The standard InChI is InChI=1S/C13H17NO3/c1-9(8-13(16)17)7-12(15)14-11-6-4-3-5-10(11)2/h3-6,9H,7-8H2,1-2H3,(H,14,15)(H,16,17)/p-1/t9-/m0/s1. The van der Waals surface area contributed by atoms with Crippen molar-refractivity contribution in [1.29, 1.82) is 0 Å². The highest BCUT2D eigenvalue weighted by molar-refractivity contribution is 5.91. The van der Waals surface area contributed by atoms with Crippen molar-refractivity contribution in [2.45, 2.75) is 26.7 Å². The highest BCUT2D eigenvalue weighted by atomic mass is 16.4. The van der Waals surface area contributed by atoms with Crippen LogP contribution in [0.1, 0.15) is 25.3 Å². The van der Waals surface area contributed by atoms with Crippen LogP contribution in [-0.4, -0.2) is 11.9 Å². The maximum absolute atomic E-state index is 11.6. The molecule has 0 aliphatic rings. The van der Waals surface area contributed by atoms with Gasteiger partial charge in [0, 0.05) is 18.1 Å². The number of hydrogen-bond acceptors (Lipinski definition) is 3. The molecule has 0 aliphatic carbocycles. The fraction of sp³-hybridized carbons (Fsp3) is 0.385. The van der Waals surface area contributed by atoms with Crippen LogP contribution in [0.2, 0.25) is 0 Å². The number of para-hydroxylation sites is 1. The van der Waals surface area contributed by atoms with Crippen LogP contribution in [0.15, 0.2) is 24.3 Å². The van der Waals surface area contributed by atoms with E-state index < -0.39 is 5.97 Å². The van der Waals surface area contributed by atoms with E-state index >= 15 is 0 Å². The SMILES string of the molecule is Cc1ccccc1NC(=O)C[C@H](C)CC(=O)[O-]. The average Bonchev–Trinajstić information content (AvgIpc) is 2.19. The fourth-order valence-electron chi connectivity index (χ4n) is 1.59. The van der Waals surface area contributed by atoms with Gasteiger partial charge in [-0.3, -0.25) is 4.79 Å². The lowest BCUT2D eigenvalue weighted by Gasteiger charge is -2.13. The number of carbonyl (C=O) groups is 2. The van der Waals surface area contributed by atoms with E-state index in [-0.39, 0.29) is 24.7 Å². The number of rotatable bonds is 5. The van der Waals surface area contributed by atoms with Gasteiger partial charge in [-0.25, -0.2) is 0 Å². The molecule has 0 unspecified atom stereocenters. The predicted molar refractivity (Wildman–Crippen MR) is 63.2 cm³/mol. The number of hydrogen-bond donors (Lipinski definition) is 1. The van der Waals surface area contributed by atoms with E-state index in [1.807, 2.05) is 31.2 Å². The van der Waals surface area contributed by atoms with Crippen LogP contribution in [0.5, 0.6) is 0 Å². The Morgan fingerprint density at radius 2 is 1.94 bits per heavy atom. The lowest BCUT2D eigenvalue weighted by atomic mass is 10.0. The molecule has 4 nitrogen and oxygen atoms in total. The predicted octanol–water partition coefficient (Wildman–Crippen LogP) is 1.10. The van der Waals surface area contributed by atoms with Crippen molar-refractivity contribution in [1.82, 2.24) is 0 Å². The zero-order valence-corrected chi connectivity index (χ0v) is 10.0. The van der Waals surface area contributed by atoms with Gasteiger partial charge in [0.05, 0.1) is 0 Å². The minimum atomic E-state index is -1.12. The Hall–Kier alpha value is -1.84. The molecule has 0 saturated heterocycles. The number of aryl methyl sites for hydroxylation is 1. The molecule has 0 bridgehead atoms. The molecule has 0 radical (unpaired) electrons. The first-order valence-electron chi connectivity index (χ1n) is 5.54. The Bertz CT molecular complexity index is 415. The van der Waals surface area contributed by atoms with Gasteiger partial charge in [0.25, 0.3) is 0 Å². The lowest BCUT2D eigenvalue weighted by Crippen LogP contribution is -2.26. The summed E-state index contributed by atoms with van der Waals surface area (Å²) in [6.45, 7) is 3.62. The van der Waals surface area contributed by atoms with Gasteiger partial charge in [-0.2, -0.15) is 0 Å². The van der Waals surface area contributed by atoms with Gasteiger partial charge < -0.3 is 15.2 Å². The van der Waals surface area contributed by atoms with E-state index in [1.54, 1.807) is 6.92 Å². The van der Waals surface area contributed by atoms with E-state index in [1.165, 1.54) is 0 Å². The Morgan fingerprint density at radius 1 is 1.29 bits per heavy atom. The van der Waals surface area contributed by atoms with Gasteiger partial charge in [0.2, 0.25) is 5.91 Å². The molecule has 17 heavy (non-hydrogen) atoms. The van der Waals surface area contributed by atoms with E-state index in [0.717, 1.165) is 11.3 Å². The first kappa shape index (κ1) is 13.2. The molecule has 0 saturated carbocycles. The van der Waals surface area contributed by atoms with Crippen LogP contribution in [0.4, 0.5) is 5.69 Å². The molecule has 0 fully saturated rings. The summed E-state index contributed by atoms with van der Waals surface area (Å²) in [5, 5.41) is 13.1. The molecule has 1 amide bonds. The summed E-state index contributed by atoms with van der Waals surface area (Å²) in [6.07, 6.45) is 0.0868. The van der Waals surface area contributed by atoms with Crippen LogP contribution >= 0.6 is 0 Å². The maximum atomic E-state index is 11.6. The summed E-state index contributed by atoms with van der Waals surface area (Å²) in [7, 11) is 0. The number of carboxylic acids is 1. The Labute approximate surface area is 101 Å². The van der Waals surface area contributed by atoms with Crippen molar-refractivity contribution >= 4 is 17.6 Å². The van der Waals surface area contributed by atoms with Gasteiger partial charge >= 0.3 is 0 Å². The topological polar surface area (TPSA) is 69.2 Å². The maximum Gasteiger partial charge on any atom is 0.224 e. The summed E-state index contributed by atoms with van der Waals surface area (Å²) < 4.78 is 0. The van der Waals surface area contributed by atoms with Crippen molar-refractivity contribution in [2.75, 3.05) is 5.32 Å². The van der Waals surface area contributed by atoms with Gasteiger partial charge in [0.1, 0.15) is 0 Å².